The largest absolute Gasteiger partial charge is 0.464 e. The van der Waals surface area contributed by atoms with Crippen molar-refractivity contribution < 1.29 is 27.5 Å². The number of fused-ring (bicyclic) bond motifs is 1. The van der Waals surface area contributed by atoms with Gasteiger partial charge < -0.3 is 24.6 Å². The molecule has 4 aromatic rings. The van der Waals surface area contributed by atoms with Crippen LogP contribution in [0.25, 0.3) is 16.7 Å². The van der Waals surface area contributed by atoms with Crippen molar-refractivity contribution in [3.8, 4) is 5.82 Å². The predicted molar refractivity (Wildman–Crippen MR) is 181 cm³/mol. The second kappa shape index (κ2) is 14.0. The van der Waals surface area contributed by atoms with Gasteiger partial charge >= 0.3 is 12.1 Å². The molecule has 0 saturated carbocycles. The van der Waals surface area contributed by atoms with Crippen LogP contribution in [0, 0.1) is 0 Å². The number of rotatable bonds is 8. The Kier molecular flexibility index (Phi) is 10.2. The van der Waals surface area contributed by atoms with E-state index in [1.807, 2.05) is 49.7 Å². The van der Waals surface area contributed by atoms with Crippen LogP contribution in [0.2, 0.25) is 10.0 Å². The van der Waals surface area contributed by atoms with Gasteiger partial charge in [0, 0.05) is 53.5 Å². The van der Waals surface area contributed by atoms with E-state index in [0.717, 1.165) is 23.9 Å². The highest BCUT2D eigenvalue weighted by atomic mass is 35.5. The maximum Gasteiger partial charge on any atom is 0.410 e. The second-order valence-corrected chi connectivity index (χ2v) is 14.8. The van der Waals surface area contributed by atoms with Gasteiger partial charge in [-0.2, -0.15) is 0 Å². The van der Waals surface area contributed by atoms with Gasteiger partial charge in [-0.05, 0) is 88.7 Å². The fraction of sp³-hybridized carbons (Fsp3) is 0.375. The molecule has 1 amide bonds. The van der Waals surface area contributed by atoms with Gasteiger partial charge in [0.05, 0.1) is 17.0 Å². The van der Waals surface area contributed by atoms with Crippen molar-refractivity contribution in [1.82, 2.24) is 19.7 Å². The zero-order valence-electron chi connectivity index (χ0n) is 26.4. The number of benzene rings is 2. The molecular formula is C32H36Cl2N6O6S. The van der Waals surface area contributed by atoms with E-state index in [-0.39, 0.29) is 27.6 Å². The first-order valence-corrected chi connectivity index (χ1v) is 17.4. The third-order valence-corrected chi connectivity index (χ3v) is 9.58. The average molecular weight is 704 g/mol. The molecule has 0 radical (unpaired) electrons. The molecule has 1 atom stereocenters. The second-order valence-electron chi connectivity index (χ2n) is 11.9. The molecule has 1 aliphatic rings. The molecule has 2 aromatic heterocycles. The summed E-state index contributed by atoms with van der Waals surface area (Å²) in [4.78, 5) is 29.0. The van der Waals surface area contributed by atoms with E-state index >= 15 is 0 Å². The summed E-state index contributed by atoms with van der Waals surface area (Å²) in [6, 6.07) is 14.7. The number of halogens is 2. The van der Waals surface area contributed by atoms with Crippen LogP contribution in [0.1, 0.15) is 34.1 Å². The number of anilines is 2. The summed E-state index contributed by atoms with van der Waals surface area (Å²) in [5.41, 5.74) is 0.620. The molecule has 1 N–H and O–H groups in total. The van der Waals surface area contributed by atoms with E-state index < -0.39 is 26.8 Å². The summed E-state index contributed by atoms with van der Waals surface area (Å²) in [5.74, 6) is 0.327. The molecule has 12 nitrogen and oxygen atoms in total. The van der Waals surface area contributed by atoms with Gasteiger partial charge in [0.15, 0.2) is 11.6 Å². The Hall–Kier alpha value is -4.07. The number of hydrogen-bond donors (Lipinski definition) is 1. The lowest BCUT2D eigenvalue weighted by molar-refractivity contribution is -0.142. The Morgan fingerprint density at radius 1 is 0.936 bits per heavy atom. The van der Waals surface area contributed by atoms with Gasteiger partial charge in [0.1, 0.15) is 5.60 Å². The van der Waals surface area contributed by atoms with Crippen molar-refractivity contribution in [3.63, 3.8) is 0 Å². The van der Waals surface area contributed by atoms with E-state index in [4.69, 9.17) is 32.7 Å². The van der Waals surface area contributed by atoms with Crippen molar-refractivity contribution in [2.75, 3.05) is 43.0 Å². The topological polar surface area (TPSA) is 136 Å². The van der Waals surface area contributed by atoms with Crippen LogP contribution in [0.3, 0.4) is 0 Å². The van der Waals surface area contributed by atoms with Gasteiger partial charge in [-0.3, -0.25) is 4.57 Å². The first kappa shape index (κ1) is 34.3. The summed E-state index contributed by atoms with van der Waals surface area (Å²) in [5, 5.41) is 11.0. The van der Waals surface area contributed by atoms with Crippen molar-refractivity contribution in [3.05, 3.63) is 70.8 Å². The molecule has 2 aromatic carbocycles. The molecule has 47 heavy (non-hydrogen) atoms. The molecule has 15 heteroatoms. The summed E-state index contributed by atoms with van der Waals surface area (Å²) in [7, 11) is -4.29. The van der Waals surface area contributed by atoms with Crippen molar-refractivity contribution >= 4 is 67.5 Å². The molecule has 1 unspecified atom stereocenters. The Bertz CT molecular complexity index is 1860. The van der Waals surface area contributed by atoms with Crippen LogP contribution in [-0.4, -0.2) is 83.9 Å². The summed E-state index contributed by atoms with van der Waals surface area (Å²) in [6.07, 6.45) is 2.28. The highest BCUT2D eigenvalue weighted by molar-refractivity contribution is 7.93. The lowest BCUT2D eigenvalue weighted by atomic mass is 10.2. The van der Waals surface area contributed by atoms with Crippen molar-refractivity contribution in [2.45, 2.75) is 50.0 Å². The van der Waals surface area contributed by atoms with Gasteiger partial charge in [0.25, 0.3) is 0 Å². The monoisotopic (exact) mass is 702 g/mol. The number of aromatic nitrogens is 3. The van der Waals surface area contributed by atoms with Gasteiger partial charge in [-0.1, -0.05) is 23.2 Å². The number of carbonyl (C=O) groups excluding carboxylic acids is 2. The van der Waals surface area contributed by atoms with E-state index in [9.17, 15) is 18.0 Å². The minimum atomic E-state index is -4.29. The number of nitrogens with one attached hydrogen (secondary N) is 1. The fourth-order valence-corrected chi connectivity index (χ4v) is 7.29. The third-order valence-electron chi connectivity index (χ3n) is 7.32. The third kappa shape index (κ3) is 8.09. The number of sulfone groups is 1. The Morgan fingerprint density at radius 3 is 2.30 bits per heavy atom. The zero-order valence-corrected chi connectivity index (χ0v) is 28.8. The lowest BCUT2D eigenvalue weighted by Gasteiger charge is -2.26. The molecular weight excluding hydrogens is 667 g/mol. The minimum Gasteiger partial charge on any atom is -0.464 e. The van der Waals surface area contributed by atoms with Gasteiger partial charge in [0.2, 0.25) is 15.2 Å². The van der Waals surface area contributed by atoms with E-state index in [0.29, 0.717) is 37.0 Å². The molecule has 1 saturated heterocycles. The van der Waals surface area contributed by atoms with E-state index in [1.165, 1.54) is 18.2 Å². The number of ether oxygens (including phenoxy) is 2. The zero-order chi connectivity index (χ0) is 33.9. The minimum absolute atomic E-state index is 0.00711. The van der Waals surface area contributed by atoms with Gasteiger partial charge in [-0.15, -0.1) is 10.2 Å². The van der Waals surface area contributed by atoms with E-state index in [2.05, 4.69) is 20.4 Å². The molecule has 5 rings (SSSR count). The van der Waals surface area contributed by atoms with Crippen LogP contribution < -0.4 is 10.2 Å². The summed E-state index contributed by atoms with van der Waals surface area (Å²) in [6.45, 7) is 9.59. The van der Waals surface area contributed by atoms with Gasteiger partial charge in [-0.25, -0.2) is 18.0 Å². The Morgan fingerprint density at radius 2 is 1.64 bits per heavy atom. The highest BCUT2D eigenvalue weighted by Gasteiger charge is 2.36. The van der Waals surface area contributed by atoms with Crippen LogP contribution >= 0.6 is 23.2 Å². The van der Waals surface area contributed by atoms with Crippen molar-refractivity contribution in [2.24, 2.45) is 0 Å². The molecule has 0 spiro atoms. The Balaban J connectivity index is 1.33. The first-order valence-electron chi connectivity index (χ1n) is 15.1. The maximum atomic E-state index is 13.5. The average Bonchev–Trinajstić information content (AvgIpc) is 3.25. The molecule has 0 aliphatic carbocycles. The number of hydrogen-bond acceptors (Lipinski definition) is 10. The number of carbonyl (C=O) groups is 2. The van der Waals surface area contributed by atoms with Crippen LogP contribution in [0.5, 0.6) is 0 Å². The summed E-state index contributed by atoms with van der Waals surface area (Å²) < 4.78 is 39.6. The van der Waals surface area contributed by atoms with Crippen molar-refractivity contribution in [1.29, 1.82) is 0 Å². The van der Waals surface area contributed by atoms with E-state index in [1.54, 1.807) is 30.0 Å². The number of esters is 1. The van der Waals surface area contributed by atoms with Crippen LogP contribution in [0.15, 0.2) is 65.7 Å². The number of nitrogens with zero attached hydrogens (tertiary/aromatic N) is 5. The molecule has 3 heterocycles. The quantitative estimate of drug-likeness (QED) is 0.219. The standard InChI is InChI=1S/C32H36Cl2N6O6S/c1-5-45-30(41)29(47(43,44)25-19-22(33)18-23(34)20-25)35-24-7-8-26-21(17-24)11-14-40(26)28-10-9-27(36-37-28)38-12-6-13-39(16-15-38)31(42)46-32(2,3)4/h7-11,14,17-20,29,35H,5-6,12-13,15-16H2,1-4H3. The number of amides is 1. The van der Waals surface area contributed by atoms with Crippen LogP contribution in [0.4, 0.5) is 16.3 Å². The Labute approximate surface area is 283 Å². The molecule has 0 bridgehead atoms. The van der Waals surface area contributed by atoms with Crippen LogP contribution in [-0.2, 0) is 24.1 Å². The maximum absolute atomic E-state index is 13.5. The molecule has 1 aliphatic heterocycles. The first-order chi connectivity index (χ1) is 22.2. The highest BCUT2D eigenvalue weighted by Crippen LogP contribution is 2.29. The smallest absolute Gasteiger partial charge is 0.410 e. The molecule has 1 fully saturated rings. The normalized spacial score (nSPS) is 14.9. The lowest BCUT2D eigenvalue weighted by Crippen LogP contribution is -2.39. The summed E-state index contributed by atoms with van der Waals surface area (Å²) >= 11 is 12.1. The molecule has 250 valence electrons. The predicted octanol–water partition coefficient (Wildman–Crippen LogP) is 5.95. The fourth-order valence-electron chi connectivity index (χ4n) is 5.16. The SMILES string of the molecule is CCOC(=O)C(Nc1ccc2c(ccn2-c2ccc(N3CCCN(C(=O)OC(C)(C)C)CC3)nn2)c1)S(=O)(=O)c1cc(Cl)cc(Cl)c1.